The molecule has 2 fully saturated rings. The number of hydrogen-bond acceptors (Lipinski definition) is 4. The molecule has 3 N–H and O–H groups in total. The number of rotatable bonds is 4. The number of amides is 1. The van der Waals surface area contributed by atoms with Gasteiger partial charge < -0.3 is 15.8 Å². The summed E-state index contributed by atoms with van der Waals surface area (Å²) in [6.07, 6.45) is 2.59. The molecule has 5 nitrogen and oxygen atoms in total. The Bertz CT molecular complexity index is 287. The summed E-state index contributed by atoms with van der Waals surface area (Å²) in [5, 5.41) is 2.75. The van der Waals surface area contributed by atoms with Crippen LogP contribution >= 0.6 is 0 Å². The first-order valence-corrected chi connectivity index (χ1v) is 5.87. The Morgan fingerprint density at radius 3 is 2.94 bits per heavy atom. The summed E-state index contributed by atoms with van der Waals surface area (Å²) in [4.78, 5) is 23.2. The molecule has 1 amide bonds. The molecule has 0 aromatic carbocycles. The van der Waals surface area contributed by atoms with Gasteiger partial charge in [0.05, 0.1) is 6.04 Å². The lowest BCUT2D eigenvalue weighted by molar-refractivity contribution is -0.130. The standard InChI is InChI=1S/C11H18N2O3/c12-8(6-7-3-4-13-11(7)15)10(14)9-2-1-5-16-9/h7-9H,1-6,12H2,(H,13,15)/t7-,8-,9?/m0/s1. The number of hydrogen-bond donors (Lipinski definition) is 2. The van der Waals surface area contributed by atoms with Crippen molar-refractivity contribution < 1.29 is 14.3 Å². The molecule has 16 heavy (non-hydrogen) atoms. The first kappa shape index (κ1) is 11.5. The van der Waals surface area contributed by atoms with Crippen molar-refractivity contribution in [1.29, 1.82) is 0 Å². The summed E-state index contributed by atoms with van der Waals surface area (Å²) < 4.78 is 5.30. The number of nitrogens with one attached hydrogen (secondary N) is 1. The van der Waals surface area contributed by atoms with E-state index in [1.165, 1.54) is 0 Å². The summed E-state index contributed by atoms with van der Waals surface area (Å²) in [6.45, 7) is 1.34. The van der Waals surface area contributed by atoms with Gasteiger partial charge >= 0.3 is 0 Å². The molecule has 3 atom stereocenters. The number of carbonyl (C=O) groups excluding carboxylic acids is 2. The maximum Gasteiger partial charge on any atom is 0.223 e. The molecule has 0 saturated carbocycles. The Hall–Kier alpha value is -0.940. The van der Waals surface area contributed by atoms with Crippen molar-refractivity contribution in [3.05, 3.63) is 0 Å². The van der Waals surface area contributed by atoms with Crippen LogP contribution in [0.3, 0.4) is 0 Å². The fourth-order valence-electron chi connectivity index (χ4n) is 2.33. The summed E-state index contributed by atoms with van der Waals surface area (Å²) in [5.74, 6) is -0.117. The highest BCUT2D eigenvalue weighted by Gasteiger charge is 2.32. The van der Waals surface area contributed by atoms with Crippen LogP contribution in [0, 0.1) is 5.92 Å². The second-order valence-electron chi connectivity index (χ2n) is 4.52. The molecule has 0 aliphatic carbocycles. The van der Waals surface area contributed by atoms with E-state index in [0.29, 0.717) is 19.6 Å². The number of ketones is 1. The average Bonchev–Trinajstić information content (AvgIpc) is 2.89. The van der Waals surface area contributed by atoms with Crippen molar-refractivity contribution >= 4 is 11.7 Å². The maximum atomic E-state index is 11.9. The molecule has 2 heterocycles. The van der Waals surface area contributed by atoms with Crippen molar-refractivity contribution in [2.24, 2.45) is 11.7 Å². The first-order valence-electron chi connectivity index (χ1n) is 5.87. The highest BCUT2D eigenvalue weighted by molar-refractivity contribution is 5.89. The van der Waals surface area contributed by atoms with Crippen LogP contribution < -0.4 is 11.1 Å². The molecule has 5 heteroatoms. The molecule has 2 saturated heterocycles. The van der Waals surface area contributed by atoms with Gasteiger partial charge in [-0.2, -0.15) is 0 Å². The van der Waals surface area contributed by atoms with E-state index < -0.39 is 6.04 Å². The van der Waals surface area contributed by atoms with Crippen LogP contribution in [0.25, 0.3) is 0 Å². The smallest absolute Gasteiger partial charge is 0.223 e. The predicted octanol–water partition coefficient (Wildman–Crippen LogP) is -0.412. The van der Waals surface area contributed by atoms with Gasteiger partial charge in [-0.3, -0.25) is 9.59 Å². The maximum absolute atomic E-state index is 11.9. The molecule has 2 aliphatic rings. The molecule has 90 valence electrons. The van der Waals surface area contributed by atoms with E-state index in [1.54, 1.807) is 0 Å². The minimum absolute atomic E-state index is 0.0237. The Balaban J connectivity index is 1.84. The van der Waals surface area contributed by atoms with Gasteiger partial charge in [-0.1, -0.05) is 0 Å². The van der Waals surface area contributed by atoms with Crippen LogP contribution in [0.2, 0.25) is 0 Å². The third-order valence-electron chi connectivity index (χ3n) is 3.31. The molecule has 2 aliphatic heterocycles. The van der Waals surface area contributed by atoms with E-state index >= 15 is 0 Å². The van der Waals surface area contributed by atoms with Crippen LogP contribution in [-0.4, -0.2) is 37.0 Å². The third kappa shape index (κ3) is 2.41. The normalized spacial score (nSPS) is 31.4. The summed E-state index contributed by atoms with van der Waals surface area (Å²) >= 11 is 0. The zero-order valence-corrected chi connectivity index (χ0v) is 9.28. The lowest BCUT2D eigenvalue weighted by Crippen LogP contribution is -2.40. The number of Topliss-reactive ketones (excluding diaryl/α,β-unsaturated/α-hetero) is 1. The Kier molecular flexibility index (Phi) is 3.56. The second kappa shape index (κ2) is 4.93. The van der Waals surface area contributed by atoms with Gasteiger partial charge in [0.2, 0.25) is 5.91 Å². The van der Waals surface area contributed by atoms with Gasteiger partial charge in [0.15, 0.2) is 5.78 Å². The monoisotopic (exact) mass is 226 g/mol. The molecule has 2 rings (SSSR count). The summed E-state index contributed by atoms with van der Waals surface area (Å²) in [6, 6.07) is -0.558. The van der Waals surface area contributed by atoms with Crippen molar-refractivity contribution in [1.82, 2.24) is 5.32 Å². The van der Waals surface area contributed by atoms with Crippen molar-refractivity contribution in [3.63, 3.8) is 0 Å². The average molecular weight is 226 g/mol. The van der Waals surface area contributed by atoms with E-state index in [9.17, 15) is 9.59 Å². The molecule has 0 aromatic rings. The third-order valence-corrected chi connectivity index (χ3v) is 3.31. The van der Waals surface area contributed by atoms with Crippen molar-refractivity contribution in [3.8, 4) is 0 Å². The van der Waals surface area contributed by atoms with E-state index in [1.807, 2.05) is 0 Å². The first-order chi connectivity index (χ1) is 7.68. The van der Waals surface area contributed by atoms with E-state index in [2.05, 4.69) is 5.32 Å². The van der Waals surface area contributed by atoms with Gasteiger partial charge in [0, 0.05) is 19.1 Å². The fourth-order valence-corrected chi connectivity index (χ4v) is 2.33. The zero-order chi connectivity index (χ0) is 11.5. The van der Waals surface area contributed by atoms with Gasteiger partial charge in [-0.25, -0.2) is 0 Å². The molecule has 0 bridgehead atoms. The Labute approximate surface area is 94.7 Å². The minimum Gasteiger partial charge on any atom is -0.370 e. The molecular formula is C11H18N2O3. The SMILES string of the molecule is N[C@@H](C[C@@H]1CCNC1=O)C(=O)C1CCCO1. The van der Waals surface area contributed by atoms with Crippen LogP contribution in [-0.2, 0) is 14.3 Å². The van der Waals surface area contributed by atoms with Crippen LogP contribution in [0.4, 0.5) is 0 Å². The fraction of sp³-hybridized carbons (Fsp3) is 0.818. The predicted molar refractivity (Wildman–Crippen MR) is 57.7 cm³/mol. The Morgan fingerprint density at radius 1 is 1.56 bits per heavy atom. The quantitative estimate of drug-likeness (QED) is 0.682. The number of nitrogens with two attached hydrogens (primary N) is 1. The molecular weight excluding hydrogens is 208 g/mol. The van der Waals surface area contributed by atoms with Gasteiger partial charge in [0.1, 0.15) is 6.10 Å². The summed E-state index contributed by atoms with van der Waals surface area (Å²) in [7, 11) is 0. The topological polar surface area (TPSA) is 81.4 Å². The molecule has 0 spiro atoms. The second-order valence-corrected chi connectivity index (χ2v) is 4.52. The lowest BCUT2D eigenvalue weighted by atomic mass is 9.94. The summed E-state index contributed by atoms with van der Waals surface area (Å²) in [5.41, 5.74) is 5.83. The number of ether oxygens (including phenoxy) is 1. The van der Waals surface area contributed by atoms with E-state index in [-0.39, 0.29) is 23.7 Å². The highest BCUT2D eigenvalue weighted by Crippen LogP contribution is 2.19. The van der Waals surface area contributed by atoms with E-state index in [0.717, 1.165) is 19.3 Å². The molecule has 0 radical (unpaired) electrons. The lowest BCUT2D eigenvalue weighted by Gasteiger charge is -2.17. The molecule has 1 unspecified atom stereocenters. The van der Waals surface area contributed by atoms with Crippen molar-refractivity contribution in [2.45, 2.75) is 37.8 Å². The molecule has 0 aromatic heterocycles. The van der Waals surface area contributed by atoms with Gasteiger partial charge in [-0.15, -0.1) is 0 Å². The van der Waals surface area contributed by atoms with Crippen LogP contribution in [0.1, 0.15) is 25.7 Å². The van der Waals surface area contributed by atoms with E-state index in [4.69, 9.17) is 10.5 Å². The largest absolute Gasteiger partial charge is 0.370 e. The minimum atomic E-state index is -0.558. The number of carbonyl (C=O) groups is 2. The van der Waals surface area contributed by atoms with Gasteiger partial charge in [-0.05, 0) is 25.7 Å². The van der Waals surface area contributed by atoms with Gasteiger partial charge in [0.25, 0.3) is 0 Å². The highest BCUT2D eigenvalue weighted by atomic mass is 16.5. The van der Waals surface area contributed by atoms with Crippen LogP contribution in [0.15, 0.2) is 0 Å². The zero-order valence-electron chi connectivity index (χ0n) is 9.28. The van der Waals surface area contributed by atoms with Crippen molar-refractivity contribution in [2.75, 3.05) is 13.2 Å². The van der Waals surface area contributed by atoms with Crippen LogP contribution in [0.5, 0.6) is 0 Å². The Morgan fingerprint density at radius 2 is 2.38 bits per heavy atom.